The van der Waals surface area contributed by atoms with Crippen molar-refractivity contribution >= 4 is 11.6 Å². The van der Waals surface area contributed by atoms with E-state index in [9.17, 15) is 5.11 Å². The molecule has 0 aliphatic heterocycles. The highest BCUT2D eigenvalue weighted by molar-refractivity contribution is 5.59. The Morgan fingerprint density at radius 1 is 1.15 bits per heavy atom. The van der Waals surface area contributed by atoms with Gasteiger partial charge in [-0.15, -0.1) is 0 Å². The highest BCUT2D eigenvalue weighted by atomic mass is 16.3. The number of aliphatic hydroxyl groups excluding tert-OH is 1. The summed E-state index contributed by atoms with van der Waals surface area (Å²) >= 11 is 0. The van der Waals surface area contributed by atoms with E-state index in [0.29, 0.717) is 11.8 Å². The molecule has 0 aromatic carbocycles. The lowest BCUT2D eigenvalue weighted by Crippen LogP contribution is -2.30. The Balaban J connectivity index is 3.05. The molecule has 0 radical (unpaired) electrons. The molecule has 0 unspecified atom stereocenters. The summed E-state index contributed by atoms with van der Waals surface area (Å²) < 4.78 is 0. The van der Waals surface area contributed by atoms with E-state index in [1.165, 1.54) is 0 Å². The number of aliphatic hydroxyl groups is 1. The third kappa shape index (κ3) is 4.34. The van der Waals surface area contributed by atoms with Crippen LogP contribution in [0.2, 0.25) is 0 Å². The van der Waals surface area contributed by atoms with Gasteiger partial charge >= 0.3 is 0 Å². The van der Waals surface area contributed by atoms with Crippen LogP contribution in [0.3, 0.4) is 0 Å². The maximum Gasteiger partial charge on any atom is 0.135 e. The second kappa shape index (κ2) is 8.04. The lowest BCUT2D eigenvalue weighted by Gasteiger charge is -2.24. The van der Waals surface area contributed by atoms with Gasteiger partial charge in [0.25, 0.3) is 0 Å². The average Bonchev–Trinajstić information content (AvgIpc) is 2.41. The van der Waals surface area contributed by atoms with Crippen LogP contribution in [-0.4, -0.2) is 34.3 Å². The SMILES string of the molecule is CCCNc1ncnc(N[C@H](CO)C(C)C)c1C(C)C. The third-order valence-electron chi connectivity index (χ3n) is 3.33. The molecular formula is C15H28N4O. The standard InChI is InChI=1S/C15H28N4O/c1-6-7-16-14-13(11(4)5)15(18-9-17-14)19-12(8-20)10(2)3/h9-12,20H,6-8H2,1-5H3,(H2,16,17,18,19)/t12-/m1/s1. The van der Waals surface area contributed by atoms with Gasteiger partial charge in [-0.3, -0.25) is 0 Å². The van der Waals surface area contributed by atoms with E-state index < -0.39 is 0 Å². The average molecular weight is 280 g/mol. The lowest BCUT2D eigenvalue weighted by atomic mass is 10.0. The van der Waals surface area contributed by atoms with Crippen molar-refractivity contribution in [2.45, 2.75) is 53.0 Å². The Morgan fingerprint density at radius 3 is 2.30 bits per heavy atom. The smallest absolute Gasteiger partial charge is 0.135 e. The van der Waals surface area contributed by atoms with Crippen LogP contribution >= 0.6 is 0 Å². The zero-order valence-corrected chi connectivity index (χ0v) is 13.3. The minimum Gasteiger partial charge on any atom is -0.394 e. The van der Waals surface area contributed by atoms with E-state index in [2.05, 4.69) is 55.2 Å². The summed E-state index contributed by atoms with van der Waals surface area (Å²) in [6.07, 6.45) is 2.62. The molecule has 5 nitrogen and oxygen atoms in total. The molecule has 1 heterocycles. The lowest BCUT2D eigenvalue weighted by molar-refractivity contribution is 0.249. The topological polar surface area (TPSA) is 70.1 Å². The van der Waals surface area contributed by atoms with Crippen LogP contribution in [0.15, 0.2) is 6.33 Å². The predicted octanol–water partition coefficient (Wildman–Crippen LogP) is 2.85. The number of hydrogen-bond donors (Lipinski definition) is 3. The van der Waals surface area contributed by atoms with Gasteiger partial charge in [0, 0.05) is 12.1 Å². The molecule has 20 heavy (non-hydrogen) atoms. The summed E-state index contributed by atoms with van der Waals surface area (Å²) in [6, 6.07) is 0.00132. The molecule has 1 aromatic heterocycles. The van der Waals surface area contributed by atoms with E-state index in [-0.39, 0.29) is 12.6 Å². The fourth-order valence-corrected chi connectivity index (χ4v) is 2.04. The molecule has 0 amide bonds. The van der Waals surface area contributed by atoms with Crippen LogP contribution in [-0.2, 0) is 0 Å². The zero-order chi connectivity index (χ0) is 15.1. The molecule has 1 aromatic rings. The van der Waals surface area contributed by atoms with Crippen molar-refractivity contribution in [1.82, 2.24) is 9.97 Å². The van der Waals surface area contributed by atoms with Crippen molar-refractivity contribution in [2.75, 3.05) is 23.8 Å². The van der Waals surface area contributed by atoms with E-state index in [1.807, 2.05) is 0 Å². The van der Waals surface area contributed by atoms with Crippen LogP contribution in [0.4, 0.5) is 11.6 Å². The Kier molecular flexibility index (Phi) is 6.71. The normalized spacial score (nSPS) is 12.8. The Bertz CT molecular complexity index is 407. The first-order valence-corrected chi connectivity index (χ1v) is 7.47. The Hall–Kier alpha value is -1.36. The first-order valence-electron chi connectivity index (χ1n) is 7.47. The van der Waals surface area contributed by atoms with Crippen molar-refractivity contribution in [3.05, 3.63) is 11.9 Å². The number of aromatic nitrogens is 2. The second-order valence-electron chi connectivity index (χ2n) is 5.74. The van der Waals surface area contributed by atoms with Gasteiger partial charge in [-0.2, -0.15) is 0 Å². The van der Waals surface area contributed by atoms with Gasteiger partial charge in [0.1, 0.15) is 18.0 Å². The van der Waals surface area contributed by atoms with Gasteiger partial charge < -0.3 is 15.7 Å². The van der Waals surface area contributed by atoms with Crippen LogP contribution in [0.1, 0.15) is 52.5 Å². The molecule has 0 saturated carbocycles. The summed E-state index contributed by atoms with van der Waals surface area (Å²) in [5, 5.41) is 16.2. The van der Waals surface area contributed by atoms with Crippen LogP contribution in [0.5, 0.6) is 0 Å². The van der Waals surface area contributed by atoms with Crippen molar-refractivity contribution < 1.29 is 5.11 Å². The van der Waals surface area contributed by atoms with Crippen LogP contribution < -0.4 is 10.6 Å². The molecule has 114 valence electrons. The van der Waals surface area contributed by atoms with Crippen molar-refractivity contribution in [2.24, 2.45) is 5.92 Å². The minimum atomic E-state index is 0.00132. The first-order chi connectivity index (χ1) is 9.51. The highest BCUT2D eigenvalue weighted by Gasteiger charge is 2.19. The molecule has 1 atom stereocenters. The Morgan fingerprint density at radius 2 is 1.80 bits per heavy atom. The van der Waals surface area contributed by atoms with E-state index in [4.69, 9.17) is 0 Å². The Labute approximate surface area is 122 Å². The van der Waals surface area contributed by atoms with E-state index in [0.717, 1.165) is 30.2 Å². The summed E-state index contributed by atoms with van der Waals surface area (Å²) in [4.78, 5) is 8.72. The van der Waals surface area contributed by atoms with E-state index >= 15 is 0 Å². The van der Waals surface area contributed by atoms with Gasteiger partial charge in [-0.05, 0) is 18.3 Å². The fraction of sp³-hybridized carbons (Fsp3) is 0.733. The van der Waals surface area contributed by atoms with Crippen molar-refractivity contribution in [1.29, 1.82) is 0 Å². The van der Waals surface area contributed by atoms with Gasteiger partial charge in [0.05, 0.1) is 12.6 Å². The summed E-state index contributed by atoms with van der Waals surface area (Å²) in [5.74, 6) is 2.35. The quantitative estimate of drug-likeness (QED) is 0.683. The maximum atomic E-state index is 9.48. The number of rotatable bonds is 8. The van der Waals surface area contributed by atoms with Crippen LogP contribution in [0, 0.1) is 5.92 Å². The molecule has 0 saturated heterocycles. The minimum absolute atomic E-state index is 0.00132. The fourth-order valence-electron chi connectivity index (χ4n) is 2.04. The molecule has 0 bridgehead atoms. The number of nitrogens with zero attached hydrogens (tertiary/aromatic N) is 2. The highest BCUT2D eigenvalue weighted by Crippen LogP contribution is 2.29. The molecule has 0 spiro atoms. The van der Waals surface area contributed by atoms with E-state index in [1.54, 1.807) is 6.33 Å². The molecule has 0 aliphatic rings. The number of nitrogens with one attached hydrogen (secondary N) is 2. The largest absolute Gasteiger partial charge is 0.394 e. The third-order valence-corrected chi connectivity index (χ3v) is 3.33. The molecular weight excluding hydrogens is 252 g/mol. The molecule has 3 N–H and O–H groups in total. The number of anilines is 2. The van der Waals surface area contributed by atoms with Crippen LogP contribution in [0.25, 0.3) is 0 Å². The first kappa shape index (κ1) is 16.7. The van der Waals surface area contributed by atoms with Gasteiger partial charge in [0.15, 0.2) is 0 Å². The van der Waals surface area contributed by atoms with Gasteiger partial charge in [-0.1, -0.05) is 34.6 Å². The molecule has 0 aliphatic carbocycles. The second-order valence-corrected chi connectivity index (χ2v) is 5.74. The van der Waals surface area contributed by atoms with Gasteiger partial charge in [0.2, 0.25) is 0 Å². The monoisotopic (exact) mass is 280 g/mol. The van der Waals surface area contributed by atoms with Crippen molar-refractivity contribution in [3.8, 4) is 0 Å². The zero-order valence-electron chi connectivity index (χ0n) is 13.3. The molecule has 1 rings (SSSR count). The van der Waals surface area contributed by atoms with Gasteiger partial charge in [-0.25, -0.2) is 9.97 Å². The summed E-state index contributed by atoms with van der Waals surface area (Å²) in [5.41, 5.74) is 1.08. The summed E-state index contributed by atoms with van der Waals surface area (Å²) in [6.45, 7) is 11.5. The maximum absolute atomic E-state index is 9.48. The van der Waals surface area contributed by atoms with Crippen molar-refractivity contribution in [3.63, 3.8) is 0 Å². The number of hydrogen-bond acceptors (Lipinski definition) is 5. The molecule has 0 fully saturated rings. The summed E-state index contributed by atoms with van der Waals surface area (Å²) in [7, 11) is 0. The predicted molar refractivity (Wildman–Crippen MR) is 84.2 cm³/mol. The molecule has 5 heteroatoms.